The number of fused-ring (bicyclic) bond motifs is 5. The van der Waals surface area contributed by atoms with E-state index >= 15 is 0 Å². The SMILES string of the molecule is COc1cc(OC)c2c(c1Cl)OC1(C2=O)C(O)=C(C(CC(=O)NC(C)C(=O)N2CC3CC(C2)c2cccc(=O)n2C3)c2ccc(SC)cc2)C(=O)CC1C. The van der Waals surface area contributed by atoms with Crippen molar-refractivity contribution >= 4 is 46.7 Å². The maximum Gasteiger partial charge on any atom is 0.250 e. The lowest BCUT2D eigenvalue weighted by atomic mass is 9.69. The third-order valence-corrected chi connectivity index (χ3v) is 12.4. The number of hydrogen-bond donors (Lipinski definition) is 2. The van der Waals surface area contributed by atoms with E-state index in [1.807, 2.05) is 24.5 Å². The number of aromatic nitrogens is 1. The summed E-state index contributed by atoms with van der Waals surface area (Å²) in [6.45, 7) is 4.69. The van der Waals surface area contributed by atoms with E-state index in [1.54, 1.807) is 47.6 Å². The van der Waals surface area contributed by atoms with Crippen LogP contribution in [0, 0.1) is 11.8 Å². The summed E-state index contributed by atoms with van der Waals surface area (Å²) in [7, 11) is 2.79. The number of ether oxygens (including phenoxy) is 3. The molecule has 6 unspecified atom stereocenters. The molecule has 4 heterocycles. The van der Waals surface area contributed by atoms with Crippen LogP contribution in [0.1, 0.15) is 66.6 Å². The van der Waals surface area contributed by atoms with Gasteiger partial charge in [-0.05, 0) is 49.3 Å². The number of halogens is 1. The molecule has 2 bridgehead atoms. The van der Waals surface area contributed by atoms with E-state index in [-0.39, 0.29) is 69.6 Å². The summed E-state index contributed by atoms with van der Waals surface area (Å²) < 4.78 is 19.0. The van der Waals surface area contributed by atoms with Gasteiger partial charge in [0.05, 0.1) is 14.2 Å². The van der Waals surface area contributed by atoms with E-state index in [9.17, 15) is 29.1 Å². The number of likely N-dealkylation sites (tertiary alicyclic amines) is 1. The van der Waals surface area contributed by atoms with Crippen LogP contribution in [0.2, 0.25) is 5.02 Å². The number of aliphatic hydroxyl groups excluding tert-OH is 1. The van der Waals surface area contributed by atoms with Gasteiger partial charge in [-0.2, -0.15) is 0 Å². The minimum atomic E-state index is -2.03. The number of benzene rings is 2. The van der Waals surface area contributed by atoms with E-state index in [4.69, 9.17) is 25.8 Å². The van der Waals surface area contributed by atoms with Crippen LogP contribution in [0.15, 0.2) is 69.6 Å². The summed E-state index contributed by atoms with van der Waals surface area (Å²) in [5, 5.41) is 15.1. The molecule has 3 aromatic rings. The Hall–Kier alpha value is -4.75. The van der Waals surface area contributed by atoms with Crippen LogP contribution in [-0.4, -0.2) is 83.2 Å². The van der Waals surface area contributed by atoms with Gasteiger partial charge in [-0.1, -0.05) is 36.7 Å². The molecule has 12 nitrogen and oxygen atoms in total. The van der Waals surface area contributed by atoms with Gasteiger partial charge in [-0.25, -0.2) is 0 Å². The molecule has 54 heavy (non-hydrogen) atoms. The average Bonchev–Trinajstić information content (AvgIpc) is 3.48. The van der Waals surface area contributed by atoms with Gasteiger partial charge in [0.1, 0.15) is 28.1 Å². The monoisotopic (exact) mass is 775 g/mol. The number of nitrogens with zero attached hydrogens (tertiary/aromatic N) is 2. The number of pyridine rings is 1. The van der Waals surface area contributed by atoms with Gasteiger partial charge in [-0.15, -0.1) is 11.8 Å². The Morgan fingerprint density at radius 3 is 2.48 bits per heavy atom. The second kappa shape index (κ2) is 14.5. The molecule has 0 radical (unpaired) electrons. The van der Waals surface area contributed by atoms with Gasteiger partial charge in [0, 0.05) is 78.5 Å². The number of carbonyl (C=O) groups is 4. The maximum atomic E-state index is 14.4. The third-order valence-electron chi connectivity index (χ3n) is 11.3. The van der Waals surface area contributed by atoms with Crippen LogP contribution in [0.5, 0.6) is 17.2 Å². The number of allylic oxidation sites excluding steroid dienone is 1. The first-order valence-corrected chi connectivity index (χ1v) is 19.5. The molecule has 1 aromatic heterocycles. The van der Waals surface area contributed by atoms with Crippen molar-refractivity contribution in [2.24, 2.45) is 11.8 Å². The molecular weight excluding hydrogens is 734 g/mol. The number of ketones is 2. The number of amides is 2. The minimum Gasteiger partial charge on any atom is -0.507 e. The van der Waals surface area contributed by atoms with Gasteiger partial charge >= 0.3 is 0 Å². The number of aliphatic hydroxyl groups is 1. The Labute approximate surface area is 321 Å². The summed E-state index contributed by atoms with van der Waals surface area (Å²) in [5.41, 5.74) is -0.718. The molecule has 14 heteroatoms. The van der Waals surface area contributed by atoms with Gasteiger partial charge < -0.3 is 34.1 Å². The minimum absolute atomic E-state index is 0.00895. The summed E-state index contributed by atoms with van der Waals surface area (Å²) >= 11 is 8.15. The van der Waals surface area contributed by atoms with Crippen molar-refractivity contribution in [3.05, 3.63) is 92.1 Å². The first-order chi connectivity index (χ1) is 25.8. The van der Waals surface area contributed by atoms with Crippen molar-refractivity contribution in [2.45, 2.75) is 68.0 Å². The highest BCUT2D eigenvalue weighted by Gasteiger charge is 2.61. The Kier molecular flexibility index (Phi) is 10.1. The van der Waals surface area contributed by atoms with Crippen molar-refractivity contribution in [1.29, 1.82) is 0 Å². The first kappa shape index (κ1) is 37.6. The molecule has 1 spiro atoms. The number of nitrogens with one attached hydrogen (secondary N) is 1. The standard InChI is InChI=1S/C40H42ClN3O9S/c1-20-13-28(45)33(37(48)40(20)38(49)34-29(51-3)16-30(52-4)35(41)36(34)53-40)26(23-9-11-25(54-5)12-10-23)15-31(46)42-21(2)39(50)43-17-22-14-24(19-43)27-7-6-8-32(47)44(27)18-22/h6-12,16,20-22,24,26,48H,13-15,17-19H2,1-5H3,(H,42,46). The second-order valence-corrected chi connectivity index (χ2v) is 15.8. The molecule has 7 rings (SSSR count). The van der Waals surface area contributed by atoms with Gasteiger partial charge in [-0.3, -0.25) is 24.0 Å². The van der Waals surface area contributed by atoms with E-state index in [0.29, 0.717) is 25.2 Å². The first-order valence-electron chi connectivity index (χ1n) is 17.9. The lowest BCUT2D eigenvalue weighted by molar-refractivity contribution is -0.138. The number of thioether (sulfide) groups is 1. The van der Waals surface area contributed by atoms with E-state index in [0.717, 1.165) is 17.0 Å². The fourth-order valence-electron chi connectivity index (χ4n) is 8.66. The van der Waals surface area contributed by atoms with Crippen molar-refractivity contribution < 1.29 is 38.5 Å². The molecular formula is C40H42ClN3O9S. The molecule has 6 atom stereocenters. The molecule has 2 N–H and O–H groups in total. The van der Waals surface area contributed by atoms with E-state index in [1.165, 1.54) is 32.0 Å². The second-order valence-electron chi connectivity index (χ2n) is 14.5. The van der Waals surface area contributed by atoms with Crippen LogP contribution in [0.4, 0.5) is 0 Å². The van der Waals surface area contributed by atoms with Gasteiger partial charge in [0.2, 0.25) is 23.2 Å². The fraction of sp³-hybridized carbons (Fsp3) is 0.425. The Morgan fingerprint density at radius 2 is 1.80 bits per heavy atom. The average molecular weight is 776 g/mol. The zero-order valence-electron chi connectivity index (χ0n) is 30.6. The van der Waals surface area contributed by atoms with E-state index < -0.39 is 46.7 Å². The molecule has 284 valence electrons. The van der Waals surface area contributed by atoms with Gasteiger partial charge in [0.25, 0.3) is 5.56 Å². The molecule has 1 saturated heterocycles. The Balaban J connectivity index is 1.19. The van der Waals surface area contributed by atoms with E-state index in [2.05, 4.69) is 5.32 Å². The zero-order valence-corrected chi connectivity index (χ0v) is 32.2. The number of rotatable bonds is 9. The third kappa shape index (κ3) is 6.14. The molecule has 2 aromatic carbocycles. The van der Waals surface area contributed by atoms with Crippen LogP contribution in [0.3, 0.4) is 0 Å². The molecule has 0 saturated carbocycles. The largest absolute Gasteiger partial charge is 0.507 e. The highest BCUT2D eigenvalue weighted by atomic mass is 35.5. The Bertz CT molecular complexity index is 2150. The summed E-state index contributed by atoms with van der Waals surface area (Å²) in [6, 6.07) is 13.0. The molecule has 1 aliphatic carbocycles. The highest BCUT2D eigenvalue weighted by Crippen LogP contribution is 2.56. The normalized spacial score (nSPS) is 24.0. The summed E-state index contributed by atoms with van der Waals surface area (Å²) in [5.74, 6) is -3.86. The van der Waals surface area contributed by atoms with Crippen LogP contribution >= 0.6 is 23.4 Å². The summed E-state index contributed by atoms with van der Waals surface area (Å²) in [4.78, 5) is 71.4. The molecule has 4 aliphatic rings. The van der Waals surface area contributed by atoms with Crippen LogP contribution < -0.4 is 25.1 Å². The number of Topliss-reactive ketones (excluding diaryl/α,β-unsaturated/α-hetero) is 2. The van der Waals surface area contributed by atoms with Crippen molar-refractivity contribution in [2.75, 3.05) is 33.6 Å². The number of carbonyl (C=O) groups excluding carboxylic acids is 4. The summed E-state index contributed by atoms with van der Waals surface area (Å²) in [6.07, 6.45) is 2.32. The lowest BCUT2D eigenvalue weighted by Crippen LogP contribution is -2.54. The lowest BCUT2D eigenvalue weighted by Gasteiger charge is -2.43. The number of methoxy groups -OCH3 is 2. The predicted molar refractivity (Wildman–Crippen MR) is 202 cm³/mol. The van der Waals surface area contributed by atoms with Crippen molar-refractivity contribution in [3.63, 3.8) is 0 Å². The van der Waals surface area contributed by atoms with Crippen LogP contribution in [-0.2, 0) is 20.9 Å². The predicted octanol–water partition coefficient (Wildman–Crippen LogP) is 5.30. The maximum absolute atomic E-state index is 14.4. The van der Waals surface area contributed by atoms with Crippen molar-refractivity contribution in [3.8, 4) is 17.2 Å². The molecule has 1 fully saturated rings. The molecule has 2 amide bonds. The quantitative estimate of drug-likeness (QED) is 0.274. The molecule has 3 aliphatic heterocycles. The van der Waals surface area contributed by atoms with Crippen LogP contribution in [0.25, 0.3) is 0 Å². The fourth-order valence-corrected chi connectivity index (χ4v) is 9.33. The highest BCUT2D eigenvalue weighted by molar-refractivity contribution is 7.98. The number of hydrogen-bond acceptors (Lipinski definition) is 10. The zero-order chi connectivity index (χ0) is 38.6. The Morgan fingerprint density at radius 1 is 1.07 bits per heavy atom. The smallest absolute Gasteiger partial charge is 0.250 e. The van der Waals surface area contributed by atoms with Gasteiger partial charge in [0.15, 0.2) is 17.3 Å². The topological polar surface area (TPSA) is 153 Å². The number of piperidine rings is 1. The van der Waals surface area contributed by atoms with Crippen molar-refractivity contribution in [1.82, 2.24) is 14.8 Å².